The lowest BCUT2D eigenvalue weighted by Gasteiger charge is -2.41. The average molecular weight is 336 g/mol. The van der Waals surface area contributed by atoms with Gasteiger partial charge in [0.1, 0.15) is 0 Å². The Kier molecular flexibility index (Phi) is 6.90. The van der Waals surface area contributed by atoms with Crippen molar-refractivity contribution in [2.24, 2.45) is 0 Å². The van der Waals surface area contributed by atoms with E-state index in [4.69, 9.17) is 14.2 Å². The van der Waals surface area contributed by atoms with Crippen molar-refractivity contribution in [3.05, 3.63) is 23.8 Å². The van der Waals surface area contributed by atoms with E-state index in [1.807, 2.05) is 26.0 Å². The first-order chi connectivity index (χ1) is 11.4. The molecule has 1 aliphatic rings. The summed E-state index contributed by atoms with van der Waals surface area (Å²) in [6, 6.07) is 6.13. The molecule has 1 saturated heterocycles. The minimum atomic E-state index is 0.120. The molecule has 0 atom stereocenters. The van der Waals surface area contributed by atoms with Crippen molar-refractivity contribution in [2.45, 2.75) is 45.9 Å². The van der Waals surface area contributed by atoms with Crippen LogP contribution < -0.4 is 14.8 Å². The number of rotatable bonds is 8. The SMILES string of the molecule is COc1cc(CNCC(C)(C)N2CCOCC2)ccc1OC(C)C. The second-order valence-electron chi connectivity index (χ2n) is 7.17. The van der Waals surface area contributed by atoms with E-state index in [-0.39, 0.29) is 11.6 Å². The lowest BCUT2D eigenvalue weighted by atomic mass is 10.0. The summed E-state index contributed by atoms with van der Waals surface area (Å²) < 4.78 is 16.7. The number of benzene rings is 1. The molecule has 0 radical (unpaired) electrons. The molecule has 0 saturated carbocycles. The fourth-order valence-corrected chi connectivity index (χ4v) is 2.97. The predicted octanol–water partition coefficient (Wildman–Crippen LogP) is 2.68. The predicted molar refractivity (Wildman–Crippen MR) is 96.9 cm³/mol. The first-order valence-corrected chi connectivity index (χ1v) is 8.79. The molecule has 0 spiro atoms. The lowest BCUT2D eigenvalue weighted by molar-refractivity contribution is -0.00967. The molecule has 0 unspecified atom stereocenters. The monoisotopic (exact) mass is 336 g/mol. The molecule has 0 aliphatic carbocycles. The van der Waals surface area contributed by atoms with Crippen LogP contribution in [0, 0.1) is 0 Å². The van der Waals surface area contributed by atoms with Crippen LogP contribution in [0.1, 0.15) is 33.3 Å². The molecule has 2 rings (SSSR count). The van der Waals surface area contributed by atoms with E-state index < -0.39 is 0 Å². The second-order valence-corrected chi connectivity index (χ2v) is 7.17. The number of methoxy groups -OCH3 is 1. The van der Waals surface area contributed by atoms with Gasteiger partial charge in [0.15, 0.2) is 11.5 Å². The van der Waals surface area contributed by atoms with Crippen LogP contribution in [0.5, 0.6) is 11.5 Å². The normalized spacial score (nSPS) is 16.4. The van der Waals surface area contributed by atoms with Crippen LogP contribution in [-0.2, 0) is 11.3 Å². The summed E-state index contributed by atoms with van der Waals surface area (Å²) in [5.41, 5.74) is 1.31. The van der Waals surface area contributed by atoms with Gasteiger partial charge in [0.25, 0.3) is 0 Å². The highest BCUT2D eigenvalue weighted by Gasteiger charge is 2.27. The zero-order valence-corrected chi connectivity index (χ0v) is 15.7. The van der Waals surface area contributed by atoms with Crippen molar-refractivity contribution in [3.63, 3.8) is 0 Å². The fourth-order valence-electron chi connectivity index (χ4n) is 2.97. The van der Waals surface area contributed by atoms with Crippen molar-refractivity contribution in [1.29, 1.82) is 0 Å². The topological polar surface area (TPSA) is 43.0 Å². The molecule has 24 heavy (non-hydrogen) atoms. The molecule has 1 aliphatic heterocycles. The van der Waals surface area contributed by atoms with Crippen molar-refractivity contribution in [1.82, 2.24) is 10.2 Å². The summed E-state index contributed by atoms with van der Waals surface area (Å²) in [6.45, 7) is 14.0. The maximum atomic E-state index is 5.77. The summed E-state index contributed by atoms with van der Waals surface area (Å²) in [5.74, 6) is 1.58. The first kappa shape index (κ1) is 19.0. The maximum absolute atomic E-state index is 5.77. The molecular weight excluding hydrogens is 304 g/mol. The lowest BCUT2D eigenvalue weighted by Crippen LogP contribution is -2.54. The Hall–Kier alpha value is -1.30. The van der Waals surface area contributed by atoms with Gasteiger partial charge in [-0.1, -0.05) is 6.07 Å². The number of hydrogen-bond acceptors (Lipinski definition) is 5. The van der Waals surface area contributed by atoms with Gasteiger partial charge in [-0.15, -0.1) is 0 Å². The second kappa shape index (κ2) is 8.70. The van der Waals surface area contributed by atoms with E-state index in [2.05, 4.69) is 30.1 Å². The quantitative estimate of drug-likeness (QED) is 0.791. The number of morpholine rings is 1. The minimum Gasteiger partial charge on any atom is -0.493 e. The van der Waals surface area contributed by atoms with Crippen molar-refractivity contribution in [3.8, 4) is 11.5 Å². The van der Waals surface area contributed by atoms with E-state index in [1.165, 1.54) is 5.56 Å². The number of hydrogen-bond donors (Lipinski definition) is 1. The Labute approximate surface area is 146 Å². The van der Waals surface area contributed by atoms with E-state index in [1.54, 1.807) is 7.11 Å². The van der Waals surface area contributed by atoms with E-state index in [0.717, 1.165) is 50.9 Å². The summed E-state index contributed by atoms with van der Waals surface area (Å²) in [5, 5.41) is 3.57. The highest BCUT2D eigenvalue weighted by Crippen LogP contribution is 2.29. The van der Waals surface area contributed by atoms with Gasteiger partial charge < -0.3 is 19.5 Å². The van der Waals surface area contributed by atoms with E-state index in [0.29, 0.717) is 0 Å². The van der Waals surface area contributed by atoms with Crippen LogP contribution in [-0.4, -0.2) is 56.5 Å². The van der Waals surface area contributed by atoms with Gasteiger partial charge >= 0.3 is 0 Å². The van der Waals surface area contributed by atoms with Crippen molar-refractivity contribution >= 4 is 0 Å². The van der Waals surface area contributed by atoms with Gasteiger partial charge in [0.05, 0.1) is 26.4 Å². The molecule has 1 aromatic carbocycles. The minimum absolute atomic E-state index is 0.120. The Balaban J connectivity index is 1.89. The zero-order chi connectivity index (χ0) is 17.6. The van der Waals surface area contributed by atoms with E-state index >= 15 is 0 Å². The van der Waals surface area contributed by atoms with Crippen LogP contribution >= 0.6 is 0 Å². The molecule has 1 heterocycles. The smallest absolute Gasteiger partial charge is 0.161 e. The Bertz CT molecular complexity index is 511. The van der Waals surface area contributed by atoms with E-state index in [9.17, 15) is 0 Å². The molecule has 136 valence electrons. The molecule has 0 amide bonds. The molecule has 1 aromatic rings. The number of nitrogens with one attached hydrogen (secondary N) is 1. The molecule has 0 bridgehead atoms. The van der Waals surface area contributed by atoms with Crippen molar-refractivity contribution < 1.29 is 14.2 Å². The molecule has 5 heteroatoms. The fraction of sp³-hybridized carbons (Fsp3) is 0.684. The first-order valence-electron chi connectivity index (χ1n) is 8.79. The summed E-state index contributed by atoms with van der Waals surface area (Å²) in [4.78, 5) is 2.49. The summed E-state index contributed by atoms with van der Waals surface area (Å²) in [6.07, 6.45) is 0.136. The average Bonchev–Trinajstić information content (AvgIpc) is 2.56. The van der Waals surface area contributed by atoms with Crippen LogP contribution in [0.4, 0.5) is 0 Å². The maximum Gasteiger partial charge on any atom is 0.161 e. The number of nitrogens with zero attached hydrogens (tertiary/aromatic N) is 1. The van der Waals surface area contributed by atoms with Gasteiger partial charge in [-0.05, 0) is 45.4 Å². The largest absolute Gasteiger partial charge is 0.493 e. The standard InChI is InChI=1S/C19H32N2O3/c1-15(2)24-17-7-6-16(12-18(17)22-5)13-20-14-19(3,4)21-8-10-23-11-9-21/h6-7,12,15,20H,8-11,13-14H2,1-5H3. The third kappa shape index (κ3) is 5.36. The third-order valence-electron chi connectivity index (χ3n) is 4.34. The van der Waals surface area contributed by atoms with Gasteiger partial charge in [-0.2, -0.15) is 0 Å². The van der Waals surface area contributed by atoms with Crippen LogP contribution in [0.25, 0.3) is 0 Å². The van der Waals surface area contributed by atoms with Gasteiger partial charge in [0, 0.05) is 31.7 Å². The Morgan fingerprint density at radius 3 is 2.54 bits per heavy atom. The molecule has 1 fully saturated rings. The van der Waals surface area contributed by atoms with Crippen LogP contribution in [0.15, 0.2) is 18.2 Å². The third-order valence-corrected chi connectivity index (χ3v) is 4.34. The van der Waals surface area contributed by atoms with Gasteiger partial charge in [-0.3, -0.25) is 4.90 Å². The van der Waals surface area contributed by atoms with Crippen LogP contribution in [0.3, 0.4) is 0 Å². The Morgan fingerprint density at radius 2 is 1.92 bits per heavy atom. The van der Waals surface area contributed by atoms with Crippen molar-refractivity contribution in [2.75, 3.05) is 40.0 Å². The molecular formula is C19H32N2O3. The summed E-state index contributed by atoms with van der Waals surface area (Å²) in [7, 11) is 1.68. The zero-order valence-electron chi connectivity index (χ0n) is 15.7. The number of ether oxygens (including phenoxy) is 3. The van der Waals surface area contributed by atoms with Gasteiger partial charge in [0.2, 0.25) is 0 Å². The highest BCUT2D eigenvalue weighted by molar-refractivity contribution is 5.43. The molecule has 0 aromatic heterocycles. The Morgan fingerprint density at radius 1 is 1.21 bits per heavy atom. The van der Waals surface area contributed by atoms with Crippen LogP contribution in [0.2, 0.25) is 0 Å². The molecule has 5 nitrogen and oxygen atoms in total. The highest BCUT2D eigenvalue weighted by atomic mass is 16.5. The molecule has 1 N–H and O–H groups in total. The van der Waals surface area contributed by atoms with Gasteiger partial charge in [-0.25, -0.2) is 0 Å². The summed E-state index contributed by atoms with van der Waals surface area (Å²) >= 11 is 0.